The van der Waals surface area contributed by atoms with Crippen LogP contribution < -0.4 is 5.30 Å². The third-order valence-electron chi connectivity index (χ3n) is 1.85. The molecule has 1 aromatic carbocycles. The highest BCUT2D eigenvalue weighted by molar-refractivity contribution is 7.46. The zero-order valence-electron chi connectivity index (χ0n) is 8.05. The zero-order chi connectivity index (χ0) is 9.84. The van der Waals surface area contributed by atoms with Gasteiger partial charge in [-0.25, -0.2) is 4.79 Å². The van der Waals surface area contributed by atoms with E-state index in [1.54, 1.807) is 0 Å². The van der Waals surface area contributed by atoms with Crippen molar-refractivity contribution in [1.29, 1.82) is 0 Å². The van der Waals surface area contributed by atoms with Crippen LogP contribution >= 0.6 is 8.58 Å². The maximum absolute atomic E-state index is 11.3. The fraction of sp³-hybridized carbons (Fsp3) is 0.300. The van der Waals surface area contributed by atoms with E-state index in [0.717, 1.165) is 5.30 Å². The molecule has 0 saturated heterocycles. The van der Waals surface area contributed by atoms with Gasteiger partial charge in [0.2, 0.25) is 0 Å². The van der Waals surface area contributed by atoms with Crippen LogP contribution in [0.25, 0.3) is 0 Å². The topological polar surface area (TPSA) is 26.3 Å². The molecular formula is C10H13O2P. The lowest BCUT2D eigenvalue weighted by molar-refractivity contribution is 0.0602. The summed E-state index contributed by atoms with van der Waals surface area (Å²) in [5.74, 6) is -0.246. The maximum Gasteiger partial charge on any atom is 0.338 e. The smallest absolute Gasteiger partial charge is 0.338 e. The highest BCUT2D eigenvalue weighted by Gasteiger charge is 2.09. The molecule has 1 rings (SSSR count). The van der Waals surface area contributed by atoms with Crippen LogP contribution in [0.2, 0.25) is 0 Å². The number of methoxy groups -OCH3 is 1. The third-order valence-corrected chi connectivity index (χ3v) is 2.80. The molecular weight excluding hydrogens is 183 g/mol. The van der Waals surface area contributed by atoms with Crippen LogP contribution in [-0.4, -0.2) is 19.7 Å². The first kappa shape index (κ1) is 10.2. The Bertz CT molecular complexity index is 321. The number of ether oxygens (including phenoxy) is 1. The Balaban J connectivity index is 3.13. The van der Waals surface area contributed by atoms with E-state index in [9.17, 15) is 4.79 Å². The molecule has 2 nitrogen and oxygen atoms in total. The van der Waals surface area contributed by atoms with E-state index < -0.39 is 0 Å². The number of hydrogen-bond acceptors (Lipinski definition) is 2. The molecule has 1 unspecified atom stereocenters. The molecule has 70 valence electrons. The van der Waals surface area contributed by atoms with Gasteiger partial charge in [0.25, 0.3) is 0 Å². The van der Waals surface area contributed by atoms with Gasteiger partial charge in [-0.3, -0.25) is 0 Å². The van der Waals surface area contributed by atoms with Crippen LogP contribution in [0.1, 0.15) is 15.9 Å². The molecule has 1 atom stereocenters. The molecule has 0 aliphatic carbocycles. The molecule has 13 heavy (non-hydrogen) atoms. The predicted molar refractivity (Wildman–Crippen MR) is 56.4 cm³/mol. The van der Waals surface area contributed by atoms with E-state index in [4.69, 9.17) is 0 Å². The summed E-state index contributed by atoms with van der Waals surface area (Å²) in [5.41, 5.74) is 1.87. The second-order valence-corrected chi connectivity index (χ2v) is 3.83. The van der Waals surface area contributed by atoms with Crippen molar-refractivity contribution < 1.29 is 9.53 Å². The minimum Gasteiger partial charge on any atom is -0.465 e. The summed E-state index contributed by atoms with van der Waals surface area (Å²) in [5, 5.41) is 1.08. The van der Waals surface area contributed by atoms with Gasteiger partial charge < -0.3 is 4.74 Å². The molecule has 0 aliphatic rings. The van der Waals surface area contributed by atoms with Crippen LogP contribution in [0, 0.1) is 6.92 Å². The van der Waals surface area contributed by atoms with Crippen molar-refractivity contribution in [2.75, 3.05) is 13.8 Å². The molecule has 0 N–H and O–H groups in total. The Morgan fingerprint density at radius 1 is 1.46 bits per heavy atom. The van der Waals surface area contributed by atoms with Gasteiger partial charge in [-0.2, -0.15) is 0 Å². The summed E-state index contributed by atoms with van der Waals surface area (Å²) in [7, 11) is 2.03. The zero-order valence-corrected chi connectivity index (χ0v) is 9.05. The molecule has 0 bridgehead atoms. The summed E-state index contributed by atoms with van der Waals surface area (Å²) in [6.07, 6.45) is 0. The van der Waals surface area contributed by atoms with Crippen molar-refractivity contribution in [1.82, 2.24) is 0 Å². The number of benzene rings is 1. The molecule has 0 radical (unpaired) electrons. The Labute approximate surface area is 80.1 Å². The molecule has 1 aromatic rings. The summed E-state index contributed by atoms with van der Waals surface area (Å²) >= 11 is 0. The first-order valence-electron chi connectivity index (χ1n) is 4.05. The quantitative estimate of drug-likeness (QED) is 0.531. The minimum absolute atomic E-state index is 0.246. The fourth-order valence-corrected chi connectivity index (χ4v) is 1.98. The molecule has 0 saturated carbocycles. The van der Waals surface area contributed by atoms with Crippen molar-refractivity contribution in [3.63, 3.8) is 0 Å². The first-order valence-corrected chi connectivity index (χ1v) is 5.55. The van der Waals surface area contributed by atoms with E-state index in [1.807, 2.05) is 25.1 Å². The van der Waals surface area contributed by atoms with Gasteiger partial charge in [-0.15, -0.1) is 0 Å². The van der Waals surface area contributed by atoms with E-state index >= 15 is 0 Å². The second-order valence-electron chi connectivity index (χ2n) is 2.79. The fourth-order valence-electron chi connectivity index (χ4n) is 1.15. The summed E-state index contributed by atoms with van der Waals surface area (Å²) in [4.78, 5) is 11.3. The average molecular weight is 196 g/mol. The van der Waals surface area contributed by atoms with Crippen molar-refractivity contribution in [3.05, 3.63) is 29.3 Å². The van der Waals surface area contributed by atoms with Gasteiger partial charge in [0.05, 0.1) is 12.7 Å². The normalized spacial score (nSPS) is 10.7. The number of esters is 1. The van der Waals surface area contributed by atoms with Crippen LogP contribution in [0.15, 0.2) is 18.2 Å². The predicted octanol–water partition coefficient (Wildman–Crippen LogP) is 1.72. The second kappa shape index (κ2) is 4.38. The minimum atomic E-state index is -0.246. The van der Waals surface area contributed by atoms with Gasteiger partial charge in [0.15, 0.2) is 0 Å². The number of rotatable bonds is 2. The average Bonchev–Trinajstić information content (AvgIpc) is 2.16. The summed E-state index contributed by atoms with van der Waals surface area (Å²) < 4.78 is 4.68. The van der Waals surface area contributed by atoms with Gasteiger partial charge >= 0.3 is 5.97 Å². The Morgan fingerprint density at radius 3 is 2.69 bits per heavy atom. The van der Waals surface area contributed by atoms with Crippen LogP contribution in [0.4, 0.5) is 0 Å². The Hall–Kier alpha value is -0.880. The van der Waals surface area contributed by atoms with E-state index in [2.05, 4.69) is 11.4 Å². The number of carbonyl (C=O) groups is 1. The molecule has 0 spiro atoms. The summed E-state index contributed by atoms with van der Waals surface area (Å²) in [6, 6.07) is 5.79. The highest BCUT2D eigenvalue weighted by Crippen LogP contribution is 2.12. The van der Waals surface area contributed by atoms with Gasteiger partial charge in [0, 0.05) is 0 Å². The lowest BCUT2D eigenvalue weighted by Gasteiger charge is -2.06. The Kier molecular flexibility index (Phi) is 3.44. The van der Waals surface area contributed by atoms with Crippen molar-refractivity contribution in [2.45, 2.75) is 6.92 Å². The number of hydrogen-bond donors (Lipinski definition) is 0. The molecule has 0 aliphatic heterocycles. The van der Waals surface area contributed by atoms with E-state index in [1.165, 1.54) is 12.7 Å². The molecule has 0 aromatic heterocycles. The lowest BCUT2D eigenvalue weighted by atomic mass is 10.1. The number of aryl methyl sites for hydroxylation is 1. The van der Waals surface area contributed by atoms with E-state index in [0.29, 0.717) is 14.1 Å². The van der Waals surface area contributed by atoms with Crippen molar-refractivity contribution in [3.8, 4) is 0 Å². The van der Waals surface area contributed by atoms with Gasteiger partial charge in [0.1, 0.15) is 0 Å². The molecule has 0 fully saturated rings. The SMILES string of the molecule is COC(=O)c1ccc(C)cc1PC. The van der Waals surface area contributed by atoms with Crippen molar-refractivity contribution >= 4 is 19.9 Å². The van der Waals surface area contributed by atoms with Gasteiger partial charge in [-0.05, 0) is 25.0 Å². The Morgan fingerprint density at radius 2 is 2.15 bits per heavy atom. The van der Waals surface area contributed by atoms with Crippen LogP contribution in [0.3, 0.4) is 0 Å². The highest BCUT2D eigenvalue weighted by atomic mass is 31.1. The standard InChI is InChI=1S/C10H13O2P/c1-7-4-5-8(10(11)12-2)9(6-7)13-3/h4-6,13H,1-3H3. The summed E-state index contributed by atoms with van der Waals surface area (Å²) in [6.45, 7) is 4.08. The number of carbonyl (C=O) groups excluding carboxylic acids is 1. The first-order chi connectivity index (χ1) is 6.19. The molecule has 0 heterocycles. The lowest BCUT2D eigenvalue weighted by Crippen LogP contribution is -2.12. The van der Waals surface area contributed by atoms with Crippen LogP contribution in [-0.2, 0) is 4.74 Å². The van der Waals surface area contributed by atoms with Crippen molar-refractivity contribution in [2.24, 2.45) is 0 Å². The largest absolute Gasteiger partial charge is 0.465 e. The molecule has 3 heteroatoms. The van der Waals surface area contributed by atoms with E-state index in [-0.39, 0.29) is 5.97 Å². The monoisotopic (exact) mass is 196 g/mol. The van der Waals surface area contributed by atoms with Crippen LogP contribution in [0.5, 0.6) is 0 Å². The molecule has 0 amide bonds. The van der Waals surface area contributed by atoms with Gasteiger partial charge in [-0.1, -0.05) is 26.3 Å². The maximum atomic E-state index is 11.3. The third kappa shape index (κ3) is 2.28.